The fourth-order valence-electron chi connectivity index (χ4n) is 16.5. The third-order valence-electron chi connectivity index (χ3n) is 17.9. The van der Waals surface area contributed by atoms with E-state index >= 15 is 0 Å². The standard InChI is InChI=1S/C56H95NSi4/c1-34(2)58(35(3)4,36(5)6)46-25-27-48-49(29-30-54(51(48)31-46)60(40(13)14,41(15)16)42(17)18)56-50-28-26-47(59(37(7)8,38(9)10)39(11)12)32-52(50)55(33-53(56)57)61(43(19)20,44(21)22)45(23)24/h25-45H,57H2,1-24H3. The molecule has 0 aliphatic rings. The summed E-state index contributed by atoms with van der Waals surface area (Å²) in [6, 6.07) is 23.6. The Kier molecular flexibility index (Phi) is 16.0. The van der Waals surface area contributed by atoms with Crippen molar-refractivity contribution in [2.45, 2.75) is 233 Å². The third-order valence-corrected chi connectivity index (χ3v) is 46.1. The molecule has 0 amide bonds. The average molecular weight is 895 g/mol. The second-order valence-electron chi connectivity index (χ2n) is 23.7. The van der Waals surface area contributed by atoms with Crippen molar-refractivity contribution in [1.29, 1.82) is 0 Å². The molecule has 0 saturated heterocycles. The van der Waals surface area contributed by atoms with Crippen LogP contribution in [0.3, 0.4) is 0 Å². The molecule has 0 heterocycles. The molecular formula is C56H95NSi4. The summed E-state index contributed by atoms with van der Waals surface area (Å²) in [5, 5.41) is 12.3. The zero-order valence-corrected chi connectivity index (χ0v) is 48.2. The third kappa shape index (κ3) is 7.79. The van der Waals surface area contributed by atoms with Gasteiger partial charge < -0.3 is 5.73 Å². The second-order valence-corrected chi connectivity index (χ2v) is 47.2. The van der Waals surface area contributed by atoms with Crippen LogP contribution in [-0.2, 0) is 0 Å². The molecule has 1 nitrogen and oxygen atoms in total. The fourth-order valence-corrected chi connectivity index (χ4v) is 43.8. The van der Waals surface area contributed by atoms with E-state index in [-0.39, 0.29) is 0 Å². The van der Waals surface area contributed by atoms with E-state index in [4.69, 9.17) is 5.73 Å². The van der Waals surface area contributed by atoms with Gasteiger partial charge in [-0.15, -0.1) is 0 Å². The first kappa shape index (κ1) is 51.7. The maximum atomic E-state index is 7.71. The zero-order valence-electron chi connectivity index (χ0n) is 44.2. The van der Waals surface area contributed by atoms with Gasteiger partial charge in [0.05, 0.1) is 32.3 Å². The van der Waals surface area contributed by atoms with Crippen molar-refractivity contribution in [3.05, 3.63) is 54.6 Å². The Bertz CT molecular complexity index is 2040. The molecule has 4 aromatic rings. The molecule has 4 rings (SSSR count). The fraction of sp³-hybridized carbons (Fsp3) is 0.643. The van der Waals surface area contributed by atoms with Crippen LogP contribution in [0.2, 0.25) is 66.5 Å². The first-order valence-electron chi connectivity index (χ1n) is 25.1. The minimum atomic E-state index is -2.13. The summed E-state index contributed by atoms with van der Waals surface area (Å²) < 4.78 is 0. The summed E-state index contributed by atoms with van der Waals surface area (Å²) >= 11 is 0. The van der Waals surface area contributed by atoms with Crippen molar-refractivity contribution in [3.63, 3.8) is 0 Å². The van der Waals surface area contributed by atoms with Gasteiger partial charge in [0.25, 0.3) is 0 Å². The lowest BCUT2D eigenvalue weighted by molar-refractivity contribution is 0.834. The van der Waals surface area contributed by atoms with Gasteiger partial charge in [-0.2, -0.15) is 0 Å². The Morgan fingerprint density at radius 3 is 0.918 bits per heavy atom. The van der Waals surface area contributed by atoms with Crippen LogP contribution in [0, 0.1) is 0 Å². The molecule has 4 aromatic carbocycles. The highest BCUT2D eigenvalue weighted by molar-refractivity contribution is 6.98. The normalized spacial score (nSPS) is 14.1. The van der Waals surface area contributed by atoms with E-state index in [0.717, 1.165) is 5.69 Å². The van der Waals surface area contributed by atoms with Crippen molar-refractivity contribution in [2.75, 3.05) is 5.73 Å². The Labute approximate surface area is 382 Å². The van der Waals surface area contributed by atoms with E-state index in [1.807, 2.05) is 0 Å². The Morgan fingerprint density at radius 1 is 0.295 bits per heavy atom. The van der Waals surface area contributed by atoms with Gasteiger partial charge in [-0.25, -0.2) is 0 Å². The van der Waals surface area contributed by atoms with Crippen LogP contribution in [0.1, 0.15) is 166 Å². The van der Waals surface area contributed by atoms with Gasteiger partial charge in [0, 0.05) is 11.3 Å². The molecule has 0 atom stereocenters. The van der Waals surface area contributed by atoms with Crippen LogP contribution in [0.25, 0.3) is 32.7 Å². The van der Waals surface area contributed by atoms with Crippen molar-refractivity contribution in [1.82, 2.24) is 0 Å². The Hall–Kier alpha value is -1.93. The predicted molar refractivity (Wildman–Crippen MR) is 294 cm³/mol. The van der Waals surface area contributed by atoms with Gasteiger partial charge >= 0.3 is 0 Å². The second kappa shape index (κ2) is 18.9. The summed E-state index contributed by atoms with van der Waals surface area (Å²) in [5.74, 6) is 0. The Balaban J connectivity index is 2.41. The van der Waals surface area contributed by atoms with E-state index in [1.165, 1.54) is 32.7 Å². The molecule has 0 saturated carbocycles. The number of hydrogen-bond donors (Lipinski definition) is 1. The predicted octanol–water partition coefficient (Wildman–Crippen LogP) is 16.8. The molecule has 2 N–H and O–H groups in total. The van der Waals surface area contributed by atoms with E-state index < -0.39 is 32.3 Å². The summed E-state index contributed by atoms with van der Waals surface area (Å²) in [4.78, 5) is 0. The van der Waals surface area contributed by atoms with Crippen LogP contribution < -0.4 is 26.5 Å². The molecular weight excluding hydrogens is 799 g/mol. The van der Waals surface area contributed by atoms with E-state index in [2.05, 4.69) is 221 Å². The molecule has 0 bridgehead atoms. The highest BCUT2D eigenvalue weighted by atomic mass is 28.3. The highest BCUT2D eigenvalue weighted by Crippen LogP contribution is 2.49. The van der Waals surface area contributed by atoms with Crippen molar-refractivity contribution in [3.8, 4) is 11.1 Å². The number of nitrogen functional groups attached to an aromatic ring is 1. The summed E-state index contributed by atoms with van der Waals surface area (Å²) in [5.41, 5.74) is 18.7. The summed E-state index contributed by atoms with van der Waals surface area (Å²) in [6.45, 7) is 60.6. The summed E-state index contributed by atoms with van der Waals surface area (Å²) in [6.07, 6.45) is 0. The molecule has 0 fully saturated rings. The van der Waals surface area contributed by atoms with Gasteiger partial charge in [-0.1, -0.05) is 230 Å². The SMILES string of the molecule is CC(C)[Si](c1ccc2c(-c3c(N)cc([Si](C(C)C)(C(C)C)C(C)C)c4cc([Si](C(C)C)(C(C)C)C(C)C)ccc34)ccc([Si](C(C)C)(C(C)C)C(C)C)c2c1)(C(C)C)C(C)C. The number of nitrogens with two attached hydrogens (primary N) is 1. The maximum absolute atomic E-state index is 7.71. The van der Waals surface area contributed by atoms with Crippen LogP contribution in [0.4, 0.5) is 5.69 Å². The molecule has 5 heteroatoms. The number of hydrogen-bond acceptors (Lipinski definition) is 1. The number of benzene rings is 4. The Morgan fingerprint density at radius 2 is 0.590 bits per heavy atom. The average Bonchev–Trinajstić information content (AvgIpc) is 3.11. The first-order valence-corrected chi connectivity index (χ1v) is 34.0. The van der Waals surface area contributed by atoms with E-state index in [0.29, 0.717) is 66.5 Å². The van der Waals surface area contributed by atoms with E-state index in [9.17, 15) is 0 Å². The van der Waals surface area contributed by atoms with Gasteiger partial charge in [0.2, 0.25) is 0 Å². The topological polar surface area (TPSA) is 26.0 Å². The molecule has 0 spiro atoms. The van der Waals surface area contributed by atoms with Crippen LogP contribution in [0.15, 0.2) is 54.6 Å². The van der Waals surface area contributed by atoms with Gasteiger partial charge in [-0.05, 0) is 105 Å². The van der Waals surface area contributed by atoms with Crippen LogP contribution >= 0.6 is 0 Å². The van der Waals surface area contributed by atoms with Gasteiger partial charge in [0.15, 0.2) is 0 Å². The lowest BCUT2D eigenvalue weighted by atomic mass is 9.92. The smallest absolute Gasteiger partial charge is 0.0951 e. The molecule has 0 aliphatic carbocycles. The monoisotopic (exact) mass is 894 g/mol. The van der Waals surface area contributed by atoms with Gasteiger partial charge in [-0.3, -0.25) is 0 Å². The van der Waals surface area contributed by atoms with Crippen molar-refractivity contribution >= 4 is 80.3 Å². The molecule has 340 valence electrons. The van der Waals surface area contributed by atoms with Crippen molar-refractivity contribution in [2.24, 2.45) is 0 Å². The zero-order chi connectivity index (χ0) is 46.6. The molecule has 61 heavy (non-hydrogen) atoms. The van der Waals surface area contributed by atoms with Crippen LogP contribution in [0.5, 0.6) is 0 Å². The van der Waals surface area contributed by atoms with Crippen molar-refractivity contribution < 1.29 is 0 Å². The number of fused-ring (bicyclic) bond motifs is 2. The number of anilines is 1. The first-order chi connectivity index (χ1) is 28.1. The largest absolute Gasteiger partial charge is 0.398 e. The molecule has 0 unspecified atom stereocenters. The minimum Gasteiger partial charge on any atom is -0.398 e. The van der Waals surface area contributed by atoms with E-state index in [1.54, 1.807) is 20.7 Å². The number of rotatable bonds is 17. The highest BCUT2D eigenvalue weighted by Gasteiger charge is 2.50. The molecule has 0 radical (unpaired) electrons. The van der Waals surface area contributed by atoms with Crippen LogP contribution in [-0.4, -0.2) is 32.3 Å². The van der Waals surface area contributed by atoms with Gasteiger partial charge in [0.1, 0.15) is 0 Å². The summed E-state index contributed by atoms with van der Waals surface area (Å²) in [7, 11) is -8.10. The molecule has 0 aromatic heterocycles. The maximum Gasteiger partial charge on any atom is 0.0951 e. The minimum absolute atomic E-state index is 0.582. The quantitative estimate of drug-likeness (QED) is 0.0829. The lowest BCUT2D eigenvalue weighted by Crippen LogP contribution is -2.57. The molecule has 0 aliphatic heterocycles. The lowest BCUT2D eigenvalue weighted by Gasteiger charge is -2.46.